The standard InChI is InChI=1S/C16H28N2O3.ClH/c1-4-13(5-2)17-14(19)11(3)18-9-12-7-6-8-16(12,10-18)15(20)21;/h11-13H,4-10H2,1-3H3,(H,17,19)(H,20,21);1H/t11?,12-,16+;/m0./s1. The van der Waals surface area contributed by atoms with Crippen LogP contribution in [0, 0.1) is 11.3 Å². The molecule has 2 N–H and O–H groups in total. The van der Waals surface area contributed by atoms with E-state index < -0.39 is 11.4 Å². The number of halogens is 1. The molecule has 0 spiro atoms. The summed E-state index contributed by atoms with van der Waals surface area (Å²) in [6.45, 7) is 7.29. The minimum Gasteiger partial charge on any atom is -0.481 e. The molecule has 1 saturated carbocycles. The van der Waals surface area contributed by atoms with Crippen molar-refractivity contribution in [1.29, 1.82) is 0 Å². The lowest BCUT2D eigenvalue weighted by molar-refractivity contribution is -0.149. The first-order chi connectivity index (χ1) is 9.94. The highest BCUT2D eigenvalue weighted by Gasteiger charge is 2.55. The number of amides is 1. The van der Waals surface area contributed by atoms with Crippen LogP contribution in [0.25, 0.3) is 0 Å². The molecule has 1 heterocycles. The predicted molar refractivity (Wildman–Crippen MR) is 88.2 cm³/mol. The van der Waals surface area contributed by atoms with E-state index in [0.717, 1.165) is 38.6 Å². The maximum absolute atomic E-state index is 12.4. The Bertz CT molecular complexity index is 414. The molecule has 128 valence electrons. The molecule has 0 aromatic heterocycles. The maximum Gasteiger partial charge on any atom is 0.311 e. The first-order valence-electron chi connectivity index (χ1n) is 8.22. The summed E-state index contributed by atoms with van der Waals surface area (Å²) in [4.78, 5) is 26.1. The van der Waals surface area contributed by atoms with Crippen molar-refractivity contribution in [1.82, 2.24) is 10.2 Å². The summed E-state index contributed by atoms with van der Waals surface area (Å²) in [5.74, 6) is -0.442. The summed E-state index contributed by atoms with van der Waals surface area (Å²) < 4.78 is 0. The average molecular weight is 333 g/mol. The minimum absolute atomic E-state index is 0. The Morgan fingerprint density at radius 2 is 2.00 bits per heavy atom. The molecular formula is C16H29ClN2O3. The Morgan fingerprint density at radius 1 is 1.36 bits per heavy atom. The molecule has 2 fully saturated rings. The molecule has 6 heteroatoms. The van der Waals surface area contributed by atoms with Crippen LogP contribution >= 0.6 is 12.4 Å². The van der Waals surface area contributed by atoms with Crippen molar-refractivity contribution in [3.63, 3.8) is 0 Å². The molecule has 0 bridgehead atoms. The van der Waals surface area contributed by atoms with Crippen molar-refractivity contribution in [3.05, 3.63) is 0 Å². The number of carboxylic acid groups (broad SMARTS) is 1. The van der Waals surface area contributed by atoms with Crippen LogP contribution in [-0.4, -0.2) is 47.1 Å². The number of aliphatic carboxylic acids is 1. The SMILES string of the molecule is CCC(CC)NC(=O)C(C)N1C[C@@H]2CCC[C@@]2(C(=O)O)C1.Cl. The van der Waals surface area contributed by atoms with Gasteiger partial charge in [0.1, 0.15) is 0 Å². The Balaban J connectivity index is 0.00000242. The van der Waals surface area contributed by atoms with Crippen molar-refractivity contribution >= 4 is 24.3 Å². The fourth-order valence-corrected chi connectivity index (χ4v) is 3.95. The van der Waals surface area contributed by atoms with Gasteiger partial charge in [0.05, 0.1) is 11.5 Å². The van der Waals surface area contributed by atoms with Gasteiger partial charge in [-0.3, -0.25) is 14.5 Å². The van der Waals surface area contributed by atoms with Gasteiger partial charge in [0, 0.05) is 19.1 Å². The van der Waals surface area contributed by atoms with Crippen LogP contribution in [0.5, 0.6) is 0 Å². The molecule has 3 atom stereocenters. The lowest BCUT2D eigenvalue weighted by atomic mass is 9.81. The van der Waals surface area contributed by atoms with Gasteiger partial charge in [-0.1, -0.05) is 20.3 Å². The van der Waals surface area contributed by atoms with Crippen LogP contribution < -0.4 is 5.32 Å². The molecule has 1 amide bonds. The zero-order valence-electron chi connectivity index (χ0n) is 13.8. The molecular weight excluding hydrogens is 304 g/mol. The van der Waals surface area contributed by atoms with Gasteiger partial charge < -0.3 is 10.4 Å². The largest absolute Gasteiger partial charge is 0.481 e. The van der Waals surface area contributed by atoms with Gasteiger partial charge in [-0.05, 0) is 38.5 Å². The smallest absolute Gasteiger partial charge is 0.311 e. The van der Waals surface area contributed by atoms with Crippen molar-refractivity contribution in [2.24, 2.45) is 11.3 Å². The number of fused-ring (bicyclic) bond motifs is 1. The molecule has 2 aliphatic rings. The summed E-state index contributed by atoms with van der Waals surface area (Å²) in [6, 6.07) is -0.0251. The fraction of sp³-hybridized carbons (Fsp3) is 0.875. The minimum atomic E-state index is -0.680. The van der Waals surface area contributed by atoms with Crippen molar-refractivity contribution < 1.29 is 14.7 Å². The van der Waals surface area contributed by atoms with Gasteiger partial charge >= 0.3 is 5.97 Å². The van der Waals surface area contributed by atoms with E-state index in [1.165, 1.54) is 0 Å². The molecule has 5 nitrogen and oxygen atoms in total. The fourth-order valence-electron chi connectivity index (χ4n) is 3.95. The third-order valence-corrected chi connectivity index (χ3v) is 5.58. The van der Waals surface area contributed by atoms with Gasteiger partial charge in [0.25, 0.3) is 0 Å². The monoisotopic (exact) mass is 332 g/mol. The summed E-state index contributed by atoms with van der Waals surface area (Å²) in [5, 5.41) is 12.7. The van der Waals surface area contributed by atoms with Crippen LogP contribution in [0.1, 0.15) is 52.9 Å². The van der Waals surface area contributed by atoms with E-state index >= 15 is 0 Å². The molecule has 0 aromatic carbocycles. The van der Waals surface area contributed by atoms with Crippen molar-refractivity contribution in [2.45, 2.75) is 65.0 Å². The zero-order valence-corrected chi connectivity index (χ0v) is 14.6. The van der Waals surface area contributed by atoms with Crippen LogP contribution in [-0.2, 0) is 9.59 Å². The molecule has 1 aliphatic heterocycles. The molecule has 2 rings (SSSR count). The summed E-state index contributed by atoms with van der Waals surface area (Å²) in [5.41, 5.74) is -0.608. The van der Waals surface area contributed by atoms with Gasteiger partial charge in [0.15, 0.2) is 0 Å². The number of hydrogen-bond acceptors (Lipinski definition) is 3. The van der Waals surface area contributed by atoms with Crippen LogP contribution in [0.3, 0.4) is 0 Å². The van der Waals surface area contributed by atoms with Gasteiger partial charge in [0.2, 0.25) is 5.91 Å². The molecule has 1 saturated heterocycles. The van der Waals surface area contributed by atoms with E-state index in [1.54, 1.807) is 0 Å². The molecule has 1 unspecified atom stereocenters. The maximum atomic E-state index is 12.4. The predicted octanol–water partition coefficient (Wildman–Crippen LogP) is 2.29. The second kappa shape index (κ2) is 7.64. The van der Waals surface area contributed by atoms with E-state index in [0.29, 0.717) is 6.54 Å². The summed E-state index contributed by atoms with van der Waals surface area (Å²) in [7, 11) is 0. The van der Waals surface area contributed by atoms with Crippen LogP contribution in [0.2, 0.25) is 0 Å². The van der Waals surface area contributed by atoms with E-state index in [1.807, 2.05) is 6.92 Å². The van der Waals surface area contributed by atoms with Crippen molar-refractivity contribution in [3.8, 4) is 0 Å². The Hall–Kier alpha value is -0.810. The number of nitrogens with one attached hydrogen (secondary N) is 1. The second-order valence-corrected chi connectivity index (χ2v) is 6.68. The first-order valence-corrected chi connectivity index (χ1v) is 8.22. The first kappa shape index (κ1) is 19.2. The van der Waals surface area contributed by atoms with Crippen LogP contribution in [0.15, 0.2) is 0 Å². The van der Waals surface area contributed by atoms with Gasteiger partial charge in [-0.15, -0.1) is 12.4 Å². The third kappa shape index (κ3) is 3.40. The number of likely N-dealkylation sites (tertiary alicyclic amines) is 1. The highest BCUT2D eigenvalue weighted by atomic mass is 35.5. The second-order valence-electron chi connectivity index (χ2n) is 6.68. The number of carboxylic acids is 1. The van der Waals surface area contributed by atoms with E-state index in [-0.39, 0.29) is 36.3 Å². The quantitative estimate of drug-likeness (QED) is 0.783. The summed E-state index contributed by atoms with van der Waals surface area (Å²) in [6.07, 6.45) is 4.58. The van der Waals surface area contributed by atoms with E-state index in [4.69, 9.17) is 0 Å². The summed E-state index contributed by atoms with van der Waals surface area (Å²) >= 11 is 0. The topological polar surface area (TPSA) is 69.6 Å². The number of nitrogens with zero attached hydrogens (tertiary/aromatic N) is 1. The van der Waals surface area contributed by atoms with Gasteiger partial charge in [-0.25, -0.2) is 0 Å². The van der Waals surface area contributed by atoms with E-state index in [2.05, 4.69) is 24.1 Å². The normalized spacial score (nSPS) is 29.0. The Kier molecular flexibility index (Phi) is 6.68. The third-order valence-electron chi connectivity index (χ3n) is 5.58. The number of carbonyl (C=O) groups excluding carboxylic acids is 1. The Labute approximate surface area is 139 Å². The van der Waals surface area contributed by atoms with Crippen molar-refractivity contribution in [2.75, 3.05) is 13.1 Å². The molecule has 0 radical (unpaired) electrons. The Morgan fingerprint density at radius 3 is 2.50 bits per heavy atom. The lowest BCUT2D eigenvalue weighted by Gasteiger charge is -2.28. The lowest BCUT2D eigenvalue weighted by Crippen LogP contribution is -2.48. The molecule has 22 heavy (non-hydrogen) atoms. The highest BCUT2D eigenvalue weighted by Crippen LogP contribution is 2.49. The number of rotatable bonds is 6. The highest BCUT2D eigenvalue weighted by molar-refractivity contribution is 5.85. The molecule has 1 aliphatic carbocycles. The zero-order chi connectivity index (χ0) is 15.6. The number of hydrogen-bond donors (Lipinski definition) is 2. The van der Waals surface area contributed by atoms with Gasteiger partial charge in [-0.2, -0.15) is 0 Å². The van der Waals surface area contributed by atoms with E-state index in [9.17, 15) is 14.7 Å². The number of carbonyl (C=O) groups is 2. The average Bonchev–Trinajstić information content (AvgIpc) is 3.01. The van der Waals surface area contributed by atoms with Crippen LogP contribution in [0.4, 0.5) is 0 Å². The molecule has 0 aromatic rings.